The van der Waals surface area contributed by atoms with E-state index in [2.05, 4.69) is 19.2 Å². The van der Waals surface area contributed by atoms with Gasteiger partial charge in [-0.3, -0.25) is 0 Å². The summed E-state index contributed by atoms with van der Waals surface area (Å²) in [6.45, 7) is 10.3. The molecule has 0 aromatic carbocycles. The van der Waals surface area contributed by atoms with Crippen LogP contribution in [0.5, 0.6) is 0 Å². The Morgan fingerprint density at radius 2 is 2.00 bits per heavy atom. The zero-order valence-electron chi connectivity index (χ0n) is 10.8. The summed E-state index contributed by atoms with van der Waals surface area (Å²) in [7, 11) is 0. The van der Waals surface area contributed by atoms with E-state index in [-0.39, 0.29) is 5.41 Å². The highest BCUT2D eigenvalue weighted by Crippen LogP contribution is 2.13. The number of hydrogen-bond acceptors (Lipinski definition) is 2. The van der Waals surface area contributed by atoms with E-state index in [1.165, 1.54) is 25.7 Å². The molecule has 0 heterocycles. The van der Waals surface area contributed by atoms with E-state index in [0.717, 1.165) is 25.3 Å². The molecule has 0 saturated carbocycles. The minimum atomic E-state index is -0.219. The van der Waals surface area contributed by atoms with Crippen molar-refractivity contribution >= 4 is 6.29 Å². The number of unbranched alkanes of at least 4 members (excludes halogenated alkanes) is 1. The predicted molar refractivity (Wildman–Crippen MR) is 66.0 cm³/mol. The lowest BCUT2D eigenvalue weighted by molar-refractivity contribution is -0.114. The monoisotopic (exact) mass is 213 g/mol. The Morgan fingerprint density at radius 1 is 1.33 bits per heavy atom. The summed E-state index contributed by atoms with van der Waals surface area (Å²) in [6.07, 6.45) is 6.16. The molecule has 15 heavy (non-hydrogen) atoms. The average molecular weight is 213 g/mol. The molecule has 0 fully saturated rings. The van der Waals surface area contributed by atoms with E-state index in [1.807, 2.05) is 13.8 Å². The van der Waals surface area contributed by atoms with Gasteiger partial charge in [-0.1, -0.05) is 47.0 Å². The van der Waals surface area contributed by atoms with Crippen molar-refractivity contribution in [1.82, 2.24) is 5.32 Å². The largest absolute Gasteiger partial charge is 0.315 e. The molecular weight excluding hydrogens is 186 g/mol. The average Bonchev–Trinajstić information content (AvgIpc) is 2.23. The molecule has 0 amide bonds. The lowest BCUT2D eigenvalue weighted by Gasteiger charge is -2.20. The van der Waals surface area contributed by atoms with Crippen LogP contribution in [0.25, 0.3) is 0 Å². The van der Waals surface area contributed by atoms with Crippen LogP contribution in [0.3, 0.4) is 0 Å². The van der Waals surface area contributed by atoms with E-state index >= 15 is 0 Å². The van der Waals surface area contributed by atoms with Gasteiger partial charge >= 0.3 is 0 Å². The zero-order chi connectivity index (χ0) is 11.7. The van der Waals surface area contributed by atoms with Crippen molar-refractivity contribution in [2.24, 2.45) is 11.3 Å². The molecule has 0 aliphatic carbocycles. The normalized spacial score (nSPS) is 13.9. The number of carbonyl (C=O) groups excluding carboxylic acids is 1. The molecule has 90 valence electrons. The molecule has 0 spiro atoms. The second-order valence-electron chi connectivity index (χ2n) is 5.15. The fraction of sp³-hybridized carbons (Fsp3) is 0.923. The van der Waals surface area contributed by atoms with Crippen molar-refractivity contribution in [2.75, 3.05) is 13.1 Å². The zero-order valence-corrected chi connectivity index (χ0v) is 10.8. The van der Waals surface area contributed by atoms with Crippen molar-refractivity contribution < 1.29 is 4.79 Å². The third-order valence-corrected chi connectivity index (χ3v) is 2.88. The van der Waals surface area contributed by atoms with Crippen LogP contribution in [0.15, 0.2) is 0 Å². The lowest BCUT2D eigenvalue weighted by atomic mass is 9.94. The molecule has 0 radical (unpaired) electrons. The van der Waals surface area contributed by atoms with Gasteiger partial charge in [0.15, 0.2) is 0 Å². The maximum Gasteiger partial charge on any atom is 0.126 e. The van der Waals surface area contributed by atoms with Gasteiger partial charge in [-0.2, -0.15) is 0 Å². The van der Waals surface area contributed by atoms with Gasteiger partial charge < -0.3 is 10.1 Å². The first-order valence-electron chi connectivity index (χ1n) is 6.22. The Morgan fingerprint density at radius 3 is 2.47 bits per heavy atom. The van der Waals surface area contributed by atoms with Crippen molar-refractivity contribution in [1.29, 1.82) is 0 Å². The fourth-order valence-electron chi connectivity index (χ4n) is 1.58. The van der Waals surface area contributed by atoms with Crippen molar-refractivity contribution in [3.8, 4) is 0 Å². The second-order valence-corrected chi connectivity index (χ2v) is 5.15. The van der Waals surface area contributed by atoms with E-state index in [0.29, 0.717) is 0 Å². The highest BCUT2D eigenvalue weighted by atomic mass is 16.1. The van der Waals surface area contributed by atoms with Crippen molar-refractivity contribution in [3.63, 3.8) is 0 Å². The van der Waals surface area contributed by atoms with Crippen LogP contribution in [0.1, 0.15) is 53.4 Å². The van der Waals surface area contributed by atoms with Crippen LogP contribution < -0.4 is 5.32 Å². The van der Waals surface area contributed by atoms with E-state index < -0.39 is 0 Å². The molecule has 0 aromatic rings. The number of hydrogen-bond donors (Lipinski definition) is 1. The maximum absolute atomic E-state index is 10.7. The van der Waals surface area contributed by atoms with Crippen molar-refractivity contribution in [2.45, 2.75) is 53.4 Å². The summed E-state index contributed by atoms with van der Waals surface area (Å²) in [6, 6.07) is 0. The van der Waals surface area contributed by atoms with Crippen LogP contribution >= 0.6 is 0 Å². The number of rotatable bonds is 9. The first-order chi connectivity index (χ1) is 7.05. The summed E-state index contributed by atoms with van der Waals surface area (Å²) in [5.74, 6) is 0.771. The second kappa shape index (κ2) is 7.86. The van der Waals surface area contributed by atoms with Gasteiger partial charge in [0.2, 0.25) is 0 Å². The van der Waals surface area contributed by atoms with Gasteiger partial charge in [-0.25, -0.2) is 0 Å². The van der Waals surface area contributed by atoms with Gasteiger partial charge in [0.05, 0.1) is 0 Å². The van der Waals surface area contributed by atoms with Gasteiger partial charge in [0, 0.05) is 12.0 Å². The van der Waals surface area contributed by atoms with Crippen LogP contribution in [0.2, 0.25) is 0 Å². The molecule has 0 bridgehead atoms. The first-order valence-corrected chi connectivity index (χ1v) is 6.22. The minimum absolute atomic E-state index is 0.219. The van der Waals surface area contributed by atoms with Crippen LogP contribution in [0, 0.1) is 11.3 Å². The van der Waals surface area contributed by atoms with Crippen molar-refractivity contribution in [3.05, 3.63) is 0 Å². The first kappa shape index (κ1) is 14.6. The topological polar surface area (TPSA) is 29.1 Å². The molecule has 0 saturated heterocycles. The van der Waals surface area contributed by atoms with E-state index in [1.54, 1.807) is 0 Å². The van der Waals surface area contributed by atoms with Crippen LogP contribution in [-0.2, 0) is 4.79 Å². The molecule has 0 aliphatic heterocycles. The predicted octanol–water partition coefficient (Wildman–Crippen LogP) is 3.02. The summed E-state index contributed by atoms with van der Waals surface area (Å²) in [4.78, 5) is 10.7. The quantitative estimate of drug-likeness (QED) is 0.597. The van der Waals surface area contributed by atoms with Crippen LogP contribution in [-0.4, -0.2) is 19.4 Å². The summed E-state index contributed by atoms with van der Waals surface area (Å²) >= 11 is 0. The van der Waals surface area contributed by atoms with Gasteiger partial charge in [-0.15, -0.1) is 0 Å². The maximum atomic E-state index is 10.7. The number of carbonyl (C=O) groups is 1. The Bertz CT molecular complexity index is 166. The molecule has 0 rings (SSSR count). The lowest BCUT2D eigenvalue weighted by Crippen LogP contribution is -2.33. The van der Waals surface area contributed by atoms with E-state index in [9.17, 15) is 4.79 Å². The van der Waals surface area contributed by atoms with Gasteiger partial charge in [0.25, 0.3) is 0 Å². The molecule has 2 heteroatoms. The molecule has 2 nitrogen and oxygen atoms in total. The Balaban J connectivity index is 3.67. The third kappa shape index (κ3) is 7.55. The molecule has 0 aromatic heterocycles. The Kier molecular flexibility index (Phi) is 7.67. The van der Waals surface area contributed by atoms with Gasteiger partial charge in [-0.05, 0) is 18.9 Å². The molecule has 1 atom stereocenters. The number of aldehydes is 1. The molecular formula is C13H27NO. The Hall–Kier alpha value is -0.370. The highest BCUT2D eigenvalue weighted by molar-refractivity contribution is 5.58. The summed E-state index contributed by atoms with van der Waals surface area (Å²) in [5.41, 5.74) is -0.219. The highest BCUT2D eigenvalue weighted by Gasteiger charge is 2.16. The fourth-order valence-corrected chi connectivity index (χ4v) is 1.58. The van der Waals surface area contributed by atoms with Gasteiger partial charge in [0.1, 0.15) is 6.29 Å². The summed E-state index contributed by atoms with van der Waals surface area (Å²) < 4.78 is 0. The standard InChI is InChI=1S/C13H27NO/c1-5-7-8-12(6-2)9-14-10-13(3,4)11-15/h11-12,14H,5-10H2,1-4H3. The third-order valence-electron chi connectivity index (χ3n) is 2.88. The van der Waals surface area contributed by atoms with E-state index in [4.69, 9.17) is 0 Å². The number of nitrogens with one attached hydrogen (secondary N) is 1. The SMILES string of the molecule is CCCCC(CC)CNCC(C)(C)C=O. The smallest absolute Gasteiger partial charge is 0.126 e. The minimum Gasteiger partial charge on any atom is -0.315 e. The molecule has 1 N–H and O–H groups in total. The Labute approximate surface area is 94.8 Å². The summed E-state index contributed by atoms with van der Waals surface area (Å²) in [5, 5.41) is 3.41. The molecule has 1 unspecified atom stereocenters. The van der Waals surface area contributed by atoms with Crippen LogP contribution in [0.4, 0.5) is 0 Å². The molecule has 0 aliphatic rings.